The molecule has 0 saturated carbocycles. The maximum absolute atomic E-state index is 11.0. The van der Waals surface area contributed by atoms with Crippen LogP contribution in [0.15, 0.2) is 35.3 Å². The Hall–Kier alpha value is -1.64. The first-order chi connectivity index (χ1) is 12.8. The molecule has 0 spiro atoms. The molecule has 0 aliphatic heterocycles. The molecule has 0 aliphatic carbocycles. The molecule has 27 heavy (non-hydrogen) atoms. The van der Waals surface area contributed by atoms with Gasteiger partial charge in [-0.05, 0) is 39.3 Å². The minimum absolute atomic E-state index is 0.406. The summed E-state index contributed by atoms with van der Waals surface area (Å²) in [6.45, 7) is 7.78. The van der Waals surface area contributed by atoms with E-state index in [1.165, 1.54) is 5.56 Å². The standard InChI is InChI=1S/C19H35N5O2S/c1-5-20-19(21-13-9-14-23-27(4,25)26)22-15-12-17(2)24(3)16-18-10-7-6-8-11-18/h6-8,10-11,17,23H,5,9,12-16H2,1-4H3,(H2,20,21,22). The molecule has 1 aromatic rings. The first-order valence-electron chi connectivity index (χ1n) is 9.52. The van der Waals surface area contributed by atoms with Crippen LogP contribution < -0.4 is 15.4 Å². The van der Waals surface area contributed by atoms with Crippen LogP contribution in [0.1, 0.15) is 32.3 Å². The van der Waals surface area contributed by atoms with Crippen molar-refractivity contribution in [3.8, 4) is 0 Å². The van der Waals surface area contributed by atoms with Gasteiger partial charge in [0.15, 0.2) is 5.96 Å². The summed E-state index contributed by atoms with van der Waals surface area (Å²) in [7, 11) is -0.979. The Morgan fingerprint density at radius 2 is 1.89 bits per heavy atom. The van der Waals surface area contributed by atoms with Gasteiger partial charge >= 0.3 is 0 Å². The van der Waals surface area contributed by atoms with Crippen LogP contribution in [-0.2, 0) is 16.6 Å². The molecule has 3 N–H and O–H groups in total. The first kappa shape index (κ1) is 23.4. The molecule has 1 atom stereocenters. The number of guanidine groups is 1. The summed E-state index contributed by atoms with van der Waals surface area (Å²) >= 11 is 0. The van der Waals surface area contributed by atoms with Crippen molar-refractivity contribution in [1.82, 2.24) is 20.3 Å². The summed E-state index contributed by atoms with van der Waals surface area (Å²) in [5, 5.41) is 6.57. The molecule has 1 rings (SSSR count). The number of rotatable bonds is 12. The van der Waals surface area contributed by atoms with Crippen molar-refractivity contribution in [2.45, 2.75) is 39.3 Å². The summed E-state index contributed by atoms with van der Waals surface area (Å²) in [6.07, 6.45) is 2.83. The van der Waals surface area contributed by atoms with Gasteiger partial charge in [-0.25, -0.2) is 13.1 Å². The molecule has 0 heterocycles. The average Bonchev–Trinajstić information content (AvgIpc) is 2.61. The van der Waals surface area contributed by atoms with Gasteiger partial charge in [-0.3, -0.25) is 9.89 Å². The van der Waals surface area contributed by atoms with Gasteiger partial charge < -0.3 is 10.6 Å². The van der Waals surface area contributed by atoms with Crippen molar-refractivity contribution in [3.05, 3.63) is 35.9 Å². The number of benzene rings is 1. The molecule has 0 saturated heterocycles. The van der Waals surface area contributed by atoms with Gasteiger partial charge in [0, 0.05) is 38.8 Å². The van der Waals surface area contributed by atoms with Crippen LogP contribution in [0.3, 0.4) is 0 Å². The zero-order chi connectivity index (χ0) is 20.1. The van der Waals surface area contributed by atoms with Crippen molar-refractivity contribution < 1.29 is 8.42 Å². The summed E-state index contributed by atoms with van der Waals surface area (Å²) in [4.78, 5) is 6.83. The van der Waals surface area contributed by atoms with E-state index in [2.05, 4.69) is 63.5 Å². The highest BCUT2D eigenvalue weighted by molar-refractivity contribution is 7.88. The summed E-state index contributed by atoms with van der Waals surface area (Å²) in [6, 6.07) is 10.9. The fraction of sp³-hybridized carbons (Fsp3) is 0.632. The molecule has 154 valence electrons. The topological polar surface area (TPSA) is 85.8 Å². The van der Waals surface area contributed by atoms with Gasteiger partial charge in [0.25, 0.3) is 0 Å². The molecule has 7 nitrogen and oxygen atoms in total. The van der Waals surface area contributed by atoms with E-state index in [0.29, 0.717) is 25.6 Å². The van der Waals surface area contributed by atoms with Gasteiger partial charge in [-0.1, -0.05) is 30.3 Å². The summed E-state index contributed by atoms with van der Waals surface area (Å²) < 4.78 is 24.5. The fourth-order valence-corrected chi connectivity index (χ4v) is 3.03. The Morgan fingerprint density at radius 3 is 2.52 bits per heavy atom. The Labute approximate surface area is 164 Å². The maximum Gasteiger partial charge on any atom is 0.208 e. The highest BCUT2D eigenvalue weighted by Crippen LogP contribution is 2.07. The van der Waals surface area contributed by atoms with Crippen LogP contribution in [0.4, 0.5) is 0 Å². The minimum Gasteiger partial charge on any atom is -0.357 e. The fourth-order valence-electron chi connectivity index (χ4n) is 2.52. The zero-order valence-electron chi connectivity index (χ0n) is 17.0. The van der Waals surface area contributed by atoms with Crippen molar-refractivity contribution in [3.63, 3.8) is 0 Å². The second-order valence-electron chi connectivity index (χ2n) is 6.75. The third kappa shape index (κ3) is 11.6. The predicted molar refractivity (Wildman–Crippen MR) is 113 cm³/mol. The highest BCUT2D eigenvalue weighted by atomic mass is 32.2. The molecular formula is C19H35N5O2S. The molecule has 1 unspecified atom stereocenters. The highest BCUT2D eigenvalue weighted by Gasteiger charge is 2.09. The summed E-state index contributed by atoms with van der Waals surface area (Å²) in [5.74, 6) is 0.773. The molecule has 0 aliphatic rings. The van der Waals surface area contributed by atoms with Crippen molar-refractivity contribution in [2.24, 2.45) is 4.99 Å². The van der Waals surface area contributed by atoms with Crippen LogP contribution in [-0.4, -0.2) is 64.8 Å². The number of hydrogen-bond donors (Lipinski definition) is 3. The van der Waals surface area contributed by atoms with E-state index in [9.17, 15) is 8.42 Å². The van der Waals surface area contributed by atoms with E-state index in [1.807, 2.05) is 13.0 Å². The van der Waals surface area contributed by atoms with E-state index in [-0.39, 0.29) is 0 Å². The minimum atomic E-state index is -3.12. The second kappa shape index (κ2) is 12.7. The van der Waals surface area contributed by atoms with E-state index >= 15 is 0 Å². The lowest BCUT2D eigenvalue weighted by Gasteiger charge is -2.25. The van der Waals surface area contributed by atoms with Gasteiger partial charge in [-0.2, -0.15) is 0 Å². The number of sulfonamides is 1. The maximum atomic E-state index is 11.0. The smallest absolute Gasteiger partial charge is 0.208 e. The van der Waals surface area contributed by atoms with Crippen molar-refractivity contribution in [1.29, 1.82) is 0 Å². The Kier molecular flexibility index (Phi) is 11.0. The predicted octanol–water partition coefficient (Wildman–Crippen LogP) is 1.39. The van der Waals surface area contributed by atoms with E-state index in [0.717, 1.165) is 38.3 Å². The second-order valence-corrected chi connectivity index (χ2v) is 8.58. The van der Waals surface area contributed by atoms with E-state index in [1.54, 1.807) is 0 Å². The van der Waals surface area contributed by atoms with Crippen LogP contribution in [0, 0.1) is 0 Å². The molecule has 8 heteroatoms. The SMILES string of the molecule is CCNC(=NCCCNS(C)(=O)=O)NCCC(C)N(C)Cc1ccccc1. The number of nitrogens with zero attached hydrogens (tertiary/aromatic N) is 2. The molecule has 0 fully saturated rings. The van der Waals surface area contributed by atoms with Gasteiger partial charge in [0.05, 0.1) is 6.26 Å². The number of aliphatic imine (C=N–C) groups is 1. The van der Waals surface area contributed by atoms with Gasteiger partial charge in [0.1, 0.15) is 0 Å². The van der Waals surface area contributed by atoms with Crippen molar-refractivity contribution in [2.75, 3.05) is 39.5 Å². The molecular weight excluding hydrogens is 362 g/mol. The molecule has 1 aromatic carbocycles. The number of hydrogen-bond acceptors (Lipinski definition) is 4. The molecule has 0 radical (unpaired) electrons. The lowest BCUT2D eigenvalue weighted by Crippen LogP contribution is -2.40. The lowest BCUT2D eigenvalue weighted by atomic mass is 10.1. The van der Waals surface area contributed by atoms with Crippen LogP contribution in [0.25, 0.3) is 0 Å². The average molecular weight is 398 g/mol. The normalized spacial score (nSPS) is 13.6. The Balaban J connectivity index is 2.32. The molecule has 0 aromatic heterocycles. The first-order valence-corrected chi connectivity index (χ1v) is 11.4. The van der Waals surface area contributed by atoms with Crippen LogP contribution >= 0.6 is 0 Å². The Bertz CT molecular complexity index is 649. The third-order valence-corrected chi connectivity index (χ3v) is 4.92. The Morgan fingerprint density at radius 1 is 1.19 bits per heavy atom. The monoisotopic (exact) mass is 397 g/mol. The van der Waals surface area contributed by atoms with E-state index < -0.39 is 10.0 Å². The van der Waals surface area contributed by atoms with Crippen LogP contribution in [0.5, 0.6) is 0 Å². The quantitative estimate of drug-likeness (QED) is 0.282. The third-order valence-electron chi connectivity index (χ3n) is 4.20. The largest absolute Gasteiger partial charge is 0.357 e. The number of nitrogens with one attached hydrogen (secondary N) is 3. The van der Waals surface area contributed by atoms with Gasteiger partial charge in [0.2, 0.25) is 10.0 Å². The van der Waals surface area contributed by atoms with Crippen molar-refractivity contribution >= 4 is 16.0 Å². The molecule has 0 bridgehead atoms. The van der Waals surface area contributed by atoms with E-state index in [4.69, 9.17) is 0 Å². The zero-order valence-corrected chi connectivity index (χ0v) is 17.8. The van der Waals surface area contributed by atoms with Gasteiger partial charge in [-0.15, -0.1) is 0 Å². The lowest BCUT2D eigenvalue weighted by molar-refractivity contribution is 0.238. The summed E-state index contributed by atoms with van der Waals surface area (Å²) in [5.41, 5.74) is 1.32. The molecule has 0 amide bonds. The van der Waals surface area contributed by atoms with Crippen LogP contribution in [0.2, 0.25) is 0 Å².